The zero-order valence-corrected chi connectivity index (χ0v) is 12.3. The third-order valence-electron chi connectivity index (χ3n) is 3.37. The van der Waals surface area contributed by atoms with Crippen molar-refractivity contribution in [1.29, 1.82) is 0 Å². The molecular formula is C15H22F3NO. The number of alkyl halides is 3. The fourth-order valence-corrected chi connectivity index (χ4v) is 2.07. The molecule has 0 radical (unpaired) electrons. The third-order valence-corrected chi connectivity index (χ3v) is 3.37. The van der Waals surface area contributed by atoms with Gasteiger partial charge in [0.2, 0.25) is 0 Å². The third kappa shape index (κ3) is 4.21. The summed E-state index contributed by atoms with van der Waals surface area (Å²) >= 11 is 0. The van der Waals surface area contributed by atoms with E-state index in [1.165, 1.54) is 12.1 Å². The normalized spacial score (nSPS) is 14.3. The molecule has 0 amide bonds. The van der Waals surface area contributed by atoms with Crippen LogP contribution in [0.3, 0.4) is 0 Å². The molecule has 1 atom stereocenters. The maximum absolute atomic E-state index is 12.8. The second-order valence-corrected chi connectivity index (χ2v) is 5.32. The summed E-state index contributed by atoms with van der Waals surface area (Å²) in [5.41, 5.74) is -0.648. The van der Waals surface area contributed by atoms with Crippen LogP contribution in [0.4, 0.5) is 13.2 Å². The highest BCUT2D eigenvalue weighted by Gasteiger charge is 2.34. The van der Waals surface area contributed by atoms with Crippen molar-refractivity contribution in [2.45, 2.75) is 45.0 Å². The molecule has 0 heterocycles. The van der Waals surface area contributed by atoms with Crippen LogP contribution < -0.4 is 5.32 Å². The molecule has 1 aromatic rings. The average molecular weight is 289 g/mol. The van der Waals surface area contributed by atoms with Crippen LogP contribution in [-0.2, 0) is 10.9 Å². The predicted molar refractivity (Wildman–Crippen MR) is 73.6 cm³/mol. The number of ether oxygens (including phenoxy) is 1. The lowest BCUT2D eigenvalue weighted by Crippen LogP contribution is -2.41. The van der Waals surface area contributed by atoms with Gasteiger partial charge in [-0.1, -0.05) is 19.1 Å². The molecule has 2 nitrogen and oxygen atoms in total. The monoisotopic (exact) mass is 289 g/mol. The van der Waals surface area contributed by atoms with Gasteiger partial charge in [-0.3, -0.25) is 0 Å². The zero-order chi connectivity index (χ0) is 15.4. The topological polar surface area (TPSA) is 21.3 Å². The van der Waals surface area contributed by atoms with Gasteiger partial charge in [0, 0.05) is 7.11 Å². The Morgan fingerprint density at radius 1 is 1.25 bits per heavy atom. The average Bonchev–Trinajstić information content (AvgIpc) is 2.38. The molecule has 0 saturated heterocycles. The van der Waals surface area contributed by atoms with E-state index in [0.717, 1.165) is 12.5 Å². The van der Waals surface area contributed by atoms with Gasteiger partial charge < -0.3 is 10.1 Å². The molecule has 0 aliphatic heterocycles. The van der Waals surface area contributed by atoms with Gasteiger partial charge in [-0.05, 0) is 44.5 Å². The van der Waals surface area contributed by atoms with Crippen molar-refractivity contribution in [3.63, 3.8) is 0 Å². The Morgan fingerprint density at radius 3 is 2.40 bits per heavy atom. The Bertz CT molecular complexity index is 429. The van der Waals surface area contributed by atoms with E-state index >= 15 is 0 Å². The van der Waals surface area contributed by atoms with Gasteiger partial charge in [0.15, 0.2) is 0 Å². The van der Waals surface area contributed by atoms with Crippen LogP contribution in [0.2, 0.25) is 0 Å². The van der Waals surface area contributed by atoms with Crippen LogP contribution in [0.5, 0.6) is 0 Å². The summed E-state index contributed by atoms with van der Waals surface area (Å²) in [5.74, 6) is 0. The highest BCUT2D eigenvalue weighted by Crippen LogP contribution is 2.34. The predicted octanol–water partition coefficient (Wildman–Crippen LogP) is 4.17. The number of hydrogen-bond donors (Lipinski definition) is 1. The smallest absolute Gasteiger partial charge is 0.377 e. The first-order chi connectivity index (χ1) is 9.22. The molecule has 1 aromatic carbocycles. The molecule has 114 valence electrons. The zero-order valence-electron chi connectivity index (χ0n) is 12.3. The summed E-state index contributed by atoms with van der Waals surface area (Å²) in [5, 5.41) is 3.26. The van der Waals surface area contributed by atoms with Gasteiger partial charge in [-0.2, -0.15) is 13.2 Å². The van der Waals surface area contributed by atoms with Crippen molar-refractivity contribution in [1.82, 2.24) is 5.32 Å². The summed E-state index contributed by atoms with van der Waals surface area (Å²) in [6, 6.07) is 5.11. The Labute approximate surface area is 118 Å². The van der Waals surface area contributed by atoms with E-state index in [-0.39, 0.29) is 6.04 Å². The lowest BCUT2D eigenvalue weighted by atomic mass is 9.90. The molecule has 0 aromatic heterocycles. The lowest BCUT2D eigenvalue weighted by Gasteiger charge is -2.34. The van der Waals surface area contributed by atoms with E-state index in [1.54, 1.807) is 13.2 Å². The molecule has 1 unspecified atom stereocenters. The molecule has 0 fully saturated rings. The van der Waals surface area contributed by atoms with E-state index in [0.29, 0.717) is 12.1 Å². The standard InChI is InChI=1S/C15H22F3NO/c1-5-9-19-13(14(2,3)20-4)11-7-6-8-12(10-11)15(16,17)18/h6-8,10,13,19H,5,9H2,1-4H3. The van der Waals surface area contributed by atoms with Crippen molar-refractivity contribution in [3.8, 4) is 0 Å². The fourth-order valence-electron chi connectivity index (χ4n) is 2.07. The second-order valence-electron chi connectivity index (χ2n) is 5.32. The molecule has 0 aliphatic rings. The summed E-state index contributed by atoms with van der Waals surface area (Å²) in [4.78, 5) is 0. The number of halogens is 3. The Balaban J connectivity index is 3.14. The maximum atomic E-state index is 12.8. The molecule has 5 heteroatoms. The number of benzene rings is 1. The summed E-state index contributed by atoms with van der Waals surface area (Å²) < 4.78 is 43.9. The molecule has 0 saturated carbocycles. The highest BCUT2D eigenvalue weighted by atomic mass is 19.4. The lowest BCUT2D eigenvalue weighted by molar-refractivity contribution is -0.137. The summed E-state index contributed by atoms with van der Waals surface area (Å²) in [6.07, 6.45) is -3.43. The molecular weight excluding hydrogens is 267 g/mol. The molecule has 0 spiro atoms. The summed E-state index contributed by atoms with van der Waals surface area (Å²) in [6.45, 7) is 6.45. The largest absolute Gasteiger partial charge is 0.416 e. The van der Waals surface area contributed by atoms with Crippen LogP contribution in [0.1, 0.15) is 44.4 Å². The Kier molecular flexibility index (Phi) is 5.59. The van der Waals surface area contributed by atoms with Crippen molar-refractivity contribution >= 4 is 0 Å². The first-order valence-corrected chi connectivity index (χ1v) is 6.68. The van der Waals surface area contributed by atoms with Crippen LogP contribution in [0, 0.1) is 0 Å². The highest BCUT2D eigenvalue weighted by molar-refractivity contribution is 5.29. The van der Waals surface area contributed by atoms with Gasteiger partial charge in [0.05, 0.1) is 17.2 Å². The van der Waals surface area contributed by atoms with E-state index in [4.69, 9.17) is 4.74 Å². The Hall–Kier alpha value is -1.07. The molecule has 0 bridgehead atoms. The molecule has 1 rings (SSSR count). The molecule has 0 aliphatic carbocycles. The second kappa shape index (κ2) is 6.59. The van der Waals surface area contributed by atoms with Crippen LogP contribution in [0.25, 0.3) is 0 Å². The van der Waals surface area contributed by atoms with Crippen molar-refractivity contribution < 1.29 is 17.9 Å². The maximum Gasteiger partial charge on any atom is 0.416 e. The van der Waals surface area contributed by atoms with Crippen molar-refractivity contribution in [2.24, 2.45) is 0 Å². The van der Waals surface area contributed by atoms with Gasteiger partial charge in [-0.25, -0.2) is 0 Å². The van der Waals surface area contributed by atoms with E-state index < -0.39 is 17.3 Å². The van der Waals surface area contributed by atoms with Crippen LogP contribution in [0.15, 0.2) is 24.3 Å². The van der Waals surface area contributed by atoms with Crippen LogP contribution in [-0.4, -0.2) is 19.3 Å². The number of rotatable bonds is 6. The quantitative estimate of drug-likeness (QED) is 0.848. The molecule has 1 N–H and O–H groups in total. The van der Waals surface area contributed by atoms with E-state index in [1.807, 2.05) is 20.8 Å². The first-order valence-electron chi connectivity index (χ1n) is 6.68. The fraction of sp³-hybridized carbons (Fsp3) is 0.600. The van der Waals surface area contributed by atoms with Gasteiger partial charge in [-0.15, -0.1) is 0 Å². The van der Waals surface area contributed by atoms with Gasteiger partial charge in [0.25, 0.3) is 0 Å². The number of hydrogen-bond acceptors (Lipinski definition) is 2. The van der Waals surface area contributed by atoms with Gasteiger partial charge >= 0.3 is 6.18 Å². The van der Waals surface area contributed by atoms with E-state index in [9.17, 15) is 13.2 Å². The van der Waals surface area contributed by atoms with Crippen molar-refractivity contribution in [3.05, 3.63) is 35.4 Å². The minimum Gasteiger partial charge on any atom is -0.377 e. The first kappa shape index (κ1) is 17.0. The SMILES string of the molecule is CCCNC(c1cccc(C(F)(F)F)c1)C(C)(C)OC. The Morgan fingerprint density at radius 2 is 1.90 bits per heavy atom. The minimum atomic E-state index is -4.33. The van der Waals surface area contributed by atoms with Crippen molar-refractivity contribution in [2.75, 3.05) is 13.7 Å². The summed E-state index contributed by atoms with van der Waals surface area (Å²) in [7, 11) is 1.56. The van der Waals surface area contributed by atoms with Gasteiger partial charge in [0.1, 0.15) is 0 Å². The molecule has 20 heavy (non-hydrogen) atoms. The van der Waals surface area contributed by atoms with Crippen LogP contribution >= 0.6 is 0 Å². The number of methoxy groups -OCH3 is 1. The van der Waals surface area contributed by atoms with E-state index in [2.05, 4.69) is 5.32 Å². The minimum absolute atomic E-state index is 0.297. The number of nitrogens with one attached hydrogen (secondary N) is 1.